The van der Waals surface area contributed by atoms with Gasteiger partial charge in [-0.2, -0.15) is 0 Å². The molecule has 2 fully saturated rings. The van der Waals surface area contributed by atoms with E-state index < -0.39 is 0 Å². The van der Waals surface area contributed by atoms with E-state index in [1.807, 2.05) is 11.0 Å². The van der Waals surface area contributed by atoms with Gasteiger partial charge in [-0.05, 0) is 50.3 Å². The third kappa shape index (κ3) is 3.81. The van der Waals surface area contributed by atoms with Gasteiger partial charge in [-0.1, -0.05) is 12.1 Å². The highest BCUT2D eigenvalue weighted by atomic mass is 16.2. The fraction of sp³-hybridized carbons (Fsp3) is 0.500. The van der Waals surface area contributed by atoms with Crippen molar-refractivity contribution in [1.29, 1.82) is 0 Å². The molecule has 1 aromatic heterocycles. The SMILES string of the molecule is Cc1cccc(N2CCN(C(=O)c3cc(N4CCCCC4)ncn3)CC2)c1C. The Kier molecular flexibility index (Phi) is 5.46. The predicted molar refractivity (Wildman–Crippen MR) is 112 cm³/mol. The summed E-state index contributed by atoms with van der Waals surface area (Å²) in [5.41, 5.74) is 4.42. The number of aryl methyl sites for hydroxylation is 1. The van der Waals surface area contributed by atoms with Crippen LogP contribution in [0.2, 0.25) is 0 Å². The number of hydrogen-bond acceptors (Lipinski definition) is 5. The molecule has 0 unspecified atom stereocenters. The van der Waals surface area contributed by atoms with Crippen LogP contribution in [0, 0.1) is 13.8 Å². The number of anilines is 2. The number of benzene rings is 1. The number of rotatable bonds is 3. The van der Waals surface area contributed by atoms with Crippen molar-refractivity contribution in [3.63, 3.8) is 0 Å². The maximum Gasteiger partial charge on any atom is 0.272 e. The van der Waals surface area contributed by atoms with Crippen molar-refractivity contribution in [1.82, 2.24) is 14.9 Å². The second kappa shape index (κ2) is 8.17. The summed E-state index contributed by atoms with van der Waals surface area (Å²) in [6.07, 6.45) is 5.18. The molecule has 0 radical (unpaired) electrons. The summed E-state index contributed by atoms with van der Waals surface area (Å²) >= 11 is 0. The van der Waals surface area contributed by atoms with Crippen molar-refractivity contribution >= 4 is 17.4 Å². The Hall–Kier alpha value is -2.63. The fourth-order valence-electron chi connectivity index (χ4n) is 4.15. The van der Waals surface area contributed by atoms with Gasteiger partial charge in [0.15, 0.2) is 0 Å². The summed E-state index contributed by atoms with van der Waals surface area (Å²) in [5.74, 6) is 0.897. The Morgan fingerprint density at radius 2 is 1.64 bits per heavy atom. The minimum absolute atomic E-state index is 0.0151. The summed E-state index contributed by atoms with van der Waals surface area (Å²) in [5, 5.41) is 0. The van der Waals surface area contributed by atoms with Gasteiger partial charge in [-0.3, -0.25) is 4.79 Å². The summed E-state index contributed by atoms with van der Waals surface area (Å²) in [6.45, 7) is 9.47. The number of hydrogen-bond donors (Lipinski definition) is 0. The number of carbonyl (C=O) groups excluding carboxylic acids is 1. The van der Waals surface area contributed by atoms with E-state index in [2.05, 4.69) is 51.8 Å². The highest BCUT2D eigenvalue weighted by Gasteiger charge is 2.25. The minimum atomic E-state index is 0.0151. The maximum atomic E-state index is 13.0. The first kappa shape index (κ1) is 18.7. The lowest BCUT2D eigenvalue weighted by molar-refractivity contribution is 0.0740. The van der Waals surface area contributed by atoms with E-state index in [0.29, 0.717) is 5.69 Å². The monoisotopic (exact) mass is 379 g/mol. The Labute approximate surface area is 167 Å². The molecule has 2 aliphatic heterocycles. The van der Waals surface area contributed by atoms with Crippen LogP contribution in [0.1, 0.15) is 40.9 Å². The maximum absolute atomic E-state index is 13.0. The summed E-state index contributed by atoms with van der Waals surface area (Å²) < 4.78 is 0. The molecule has 1 aromatic carbocycles. The van der Waals surface area contributed by atoms with Crippen molar-refractivity contribution < 1.29 is 4.79 Å². The van der Waals surface area contributed by atoms with Crippen molar-refractivity contribution in [2.75, 3.05) is 49.1 Å². The molecule has 0 bridgehead atoms. The van der Waals surface area contributed by atoms with Crippen molar-refractivity contribution in [3.05, 3.63) is 47.4 Å². The van der Waals surface area contributed by atoms with Gasteiger partial charge < -0.3 is 14.7 Å². The largest absolute Gasteiger partial charge is 0.368 e. The van der Waals surface area contributed by atoms with Crippen molar-refractivity contribution in [2.45, 2.75) is 33.1 Å². The van der Waals surface area contributed by atoms with Gasteiger partial charge in [0.25, 0.3) is 5.91 Å². The van der Waals surface area contributed by atoms with Crippen LogP contribution in [-0.2, 0) is 0 Å². The lowest BCUT2D eigenvalue weighted by atomic mass is 10.1. The van der Waals surface area contributed by atoms with E-state index in [0.717, 1.165) is 45.1 Å². The quantitative estimate of drug-likeness (QED) is 0.820. The molecular formula is C22H29N5O. The molecule has 6 nitrogen and oxygen atoms in total. The van der Waals surface area contributed by atoms with Gasteiger partial charge in [-0.25, -0.2) is 9.97 Å². The molecule has 0 atom stereocenters. The van der Waals surface area contributed by atoms with E-state index in [-0.39, 0.29) is 5.91 Å². The molecule has 0 aliphatic carbocycles. The van der Waals surface area contributed by atoms with E-state index in [9.17, 15) is 4.79 Å². The minimum Gasteiger partial charge on any atom is -0.368 e. The normalized spacial score (nSPS) is 17.7. The number of piperazine rings is 1. The topological polar surface area (TPSA) is 52.6 Å². The number of carbonyl (C=O) groups is 1. The first-order valence-corrected chi connectivity index (χ1v) is 10.3. The number of piperidine rings is 1. The van der Waals surface area contributed by atoms with E-state index >= 15 is 0 Å². The number of aromatic nitrogens is 2. The molecule has 0 saturated carbocycles. The second-order valence-corrected chi connectivity index (χ2v) is 7.81. The Morgan fingerprint density at radius 3 is 2.39 bits per heavy atom. The molecule has 0 N–H and O–H groups in total. The van der Waals surface area contributed by atoms with E-state index in [1.165, 1.54) is 42.4 Å². The highest BCUT2D eigenvalue weighted by molar-refractivity contribution is 5.93. The Balaban J connectivity index is 1.42. The van der Waals surface area contributed by atoms with Crippen molar-refractivity contribution in [2.24, 2.45) is 0 Å². The van der Waals surface area contributed by atoms with Gasteiger partial charge in [0.1, 0.15) is 17.8 Å². The smallest absolute Gasteiger partial charge is 0.272 e. The van der Waals surface area contributed by atoms with Crippen LogP contribution >= 0.6 is 0 Å². The number of nitrogens with zero attached hydrogens (tertiary/aromatic N) is 5. The molecule has 0 spiro atoms. The molecule has 2 aliphatic rings. The fourth-order valence-corrected chi connectivity index (χ4v) is 4.15. The lowest BCUT2D eigenvalue weighted by Crippen LogP contribution is -2.49. The zero-order chi connectivity index (χ0) is 19.5. The summed E-state index contributed by atoms with van der Waals surface area (Å²) in [6, 6.07) is 8.30. The van der Waals surface area contributed by atoms with Gasteiger partial charge in [0.2, 0.25) is 0 Å². The third-order valence-electron chi connectivity index (χ3n) is 6.04. The number of amides is 1. The lowest BCUT2D eigenvalue weighted by Gasteiger charge is -2.37. The zero-order valence-electron chi connectivity index (χ0n) is 16.9. The van der Waals surface area contributed by atoms with Gasteiger partial charge in [-0.15, -0.1) is 0 Å². The summed E-state index contributed by atoms with van der Waals surface area (Å²) in [4.78, 5) is 28.2. The first-order chi connectivity index (χ1) is 13.6. The third-order valence-corrected chi connectivity index (χ3v) is 6.04. The van der Waals surface area contributed by atoms with Crippen LogP contribution in [0.25, 0.3) is 0 Å². The average Bonchev–Trinajstić information content (AvgIpc) is 2.76. The van der Waals surface area contributed by atoms with Crippen LogP contribution in [-0.4, -0.2) is 60.0 Å². The first-order valence-electron chi connectivity index (χ1n) is 10.3. The zero-order valence-corrected chi connectivity index (χ0v) is 16.9. The predicted octanol–water partition coefficient (Wildman–Crippen LogP) is 3.05. The van der Waals surface area contributed by atoms with Gasteiger partial charge in [0.05, 0.1) is 0 Å². The highest BCUT2D eigenvalue weighted by Crippen LogP contribution is 2.24. The van der Waals surface area contributed by atoms with E-state index in [1.54, 1.807) is 0 Å². The second-order valence-electron chi connectivity index (χ2n) is 7.81. The van der Waals surface area contributed by atoms with Crippen LogP contribution in [0.5, 0.6) is 0 Å². The molecular weight excluding hydrogens is 350 g/mol. The molecule has 28 heavy (non-hydrogen) atoms. The Bertz CT molecular complexity index is 839. The van der Waals surface area contributed by atoms with Crippen LogP contribution in [0.3, 0.4) is 0 Å². The molecule has 2 saturated heterocycles. The van der Waals surface area contributed by atoms with Gasteiger partial charge >= 0.3 is 0 Å². The standard InChI is InChI=1S/C22H29N5O/c1-17-7-6-8-20(18(17)2)25-11-13-27(14-12-25)22(28)19-15-21(24-16-23-19)26-9-4-3-5-10-26/h6-8,15-16H,3-5,9-14H2,1-2H3. The average molecular weight is 380 g/mol. The molecule has 4 rings (SSSR count). The van der Waals surface area contributed by atoms with Crippen LogP contribution in [0.4, 0.5) is 11.5 Å². The molecule has 2 aromatic rings. The molecule has 6 heteroatoms. The summed E-state index contributed by atoms with van der Waals surface area (Å²) in [7, 11) is 0. The van der Waals surface area contributed by atoms with Gasteiger partial charge in [0, 0.05) is 51.0 Å². The van der Waals surface area contributed by atoms with E-state index in [4.69, 9.17) is 0 Å². The molecule has 3 heterocycles. The van der Waals surface area contributed by atoms with Crippen molar-refractivity contribution in [3.8, 4) is 0 Å². The Morgan fingerprint density at radius 1 is 0.893 bits per heavy atom. The van der Waals surface area contributed by atoms with Crippen LogP contribution in [0.15, 0.2) is 30.6 Å². The molecule has 148 valence electrons. The van der Waals surface area contributed by atoms with Crippen LogP contribution < -0.4 is 9.80 Å². The molecule has 1 amide bonds.